The molecule has 0 fully saturated rings. The first-order chi connectivity index (χ1) is 23.8. The fourth-order valence-corrected chi connectivity index (χ4v) is 7.19. The van der Waals surface area contributed by atoms with Gasteiger partial charge in [0.2, 0.25) is 0 Å². The molecule has 0 saturated carbocycles. The van der Waals surface area contributed by atoms with E-state index in [1.807, 2.05) is 0 Å². The van der Waals surface area contributed by atoms with E-state index in [9.17, 15) is 0 Å². The Bertz CT molecular complexity index is 1540. The molecule has 0 aliphatic rings. The van der Waals surface area contributed by atoms with E-state index in [1.54, 1.807) is 0 Å². The second-order valence-corrected chi connectivity index (χ2v) is 13.9. The van der Waals surface area contributed by atoms with Gasteiger partial charge in [0, 0.05) is 13.1 Å². The van der Waals surface area contributed by atoms with Crippen LogP contribution in [0.1, 0.15) is 142 Å². The van der Waals surface area contributed by atoms with Gasteiger partial charge >= 0.3 is 17.1 Å². The van der Waals surface area contributed by atoms with Crippen molar-refractivity contribution in [1.29, 1.82) is 0 Å². The summed E-state index contributed by atoms with van der Waals surface area (Å²) >= 11 is 0. The Balaban J connectivity index is 0.00000338. The number of hydrogen-bond donors (Lipinski definition) is 0. The largest absolute Gasteiger partial charge is 3.00 e. The van der Waals surface area contributed by atoms with Crippen LogP contribution in [0.15, 0.2) is 66.7 Å². The summed E-state index contributed by atoms with van der Waals surface area (Å²) in [5.74, 6) is 1.93. The van der Waals surface area contributed by atoms with Crippen LogP contribution in [0.3, 0.4) is 0 Å². The van der Waals surface area contributed by atoms with Crippen molar-refractivity contribution in [1.82, 2.24) is 24.1 Å². The molecule has 0 aliphatic carbocycles. The Kier molecular flexibility index (Phi) is 25.3. The van der Waals surface area contributed by atoms with Gasteiger partial charge in [-0.3, -0.25) is 0 Å². The zero-order valence-corrected chi connectivity index (χ0v) is 35.0. The van der Waals surface area contributed by atoms with Gasteiger partial charge in [0.15, 0.2) is 11.6 Å². The normalized spacial score (nSPS) is 10.8. The van der Waals surface area contributed by atoms with E-state index in [0.717, 1.165) is 60.0 Å². The first-order valence-electron chi connectivity index (χ1n) is 19.7. The Morgan fingerprint density at radius 3 is 1.08 bits per heavy atom. The third-order valence-electron chi connectivity index (χ3n) is 9.99. The molecule has 0 N–H and O–H groups in total. The molecular formula is C43H61Cl3FeN5. The summed E-state index contributed by atoms with van der Waals surface area (Å²) in [6, 6.07) is 23.5. The second-order valence-electron chi connectivity index (χ2n) is 13.9. The number of imidazole rings is 2. The Morgan fingerprint density at radius 2 is 0.712 bits per heavy atom. The summed E-state index contributed by atoms with van der Waals surface area (Å²) in [6.07, 6.45) is 26.8. The molecule has 5 nitrogen and oxygen atoms in total. The number of benzene rings is 2. The SMILES string of the molecule is CCCCCCCCCCCCn1c(-c2cccc(-c3nc4ccccc4n3CCCCCCCCCCCC)n2)nc2ccccc21.[Cl-].[Cl-].[Cl-].[Fe+3]. The first-order valence-corrected chi connectivity index (χ1v) is 19.7. The van der Waals surface area contributed by atoms with Crippen molar-refractivity contribution in [3.05, 3.63) is 66.7 Å². The smallest absolute Gasteiger partial charge is 1.00 e. The number of halogens is 3. The summed E-state index contributed by atoms with van der Waals surface area (Å²) in [7, 11) is 0. The summed E-state index contributed by atoms with van der Waals surface area (Å²) in [6.45, 7) is 6.52. The number of unbranched alkanes of at least 4 members (excludes halogenated alkanes) is 18. The van der Waals surface area contributed by atoms with Crippen molar-refractivity contribution in [3.8, 4) is 23.0 Å². The van der Waals surface area contributed by atoms with Crippen LogP contribution in [-0.2, 0) is 30.2 Å². The molecule has 3 aromatic heterocycles. The maximum absolute atomic E-state index is 5.26. The minimum Gasteiger partial charge on any atom is -1.00 e. The van der Waals surface area contributed by atoms with Crippen LogP contribution in [0, 0.1) is 0 Å². The fourth-order valence-electron chi connectivity index (χ4n) is 7.19. The second kappa shape index (κ2) is 27.5. The van der Waals surface area contributed by atoms with Gasteiger partial charge in [0.25, 0.3) is 0 Å². The van der Waals surface area contributed by atoms with Crippen LogP contribution in [0.2, 0.25) is 0 Å². The molecule has 287 valence electrons. The summed E-state index contributed by atoms with van der Waals surface area (Å²) in [5, 5.41) is 0. The van der Waals surface area contributed by atoms with Crippen LogP contribution in [-0.4, -0.2) is 24.1 Å². The van der Waals surface area contributed by atoms with E-state index < -0.39 is 0 Å². The van der Waals surface area contributed by atoms with E-state index in [-0.39, 0.29) is 54.3 Å². The molecule has 1 radical (unpaired) electrons. The Labute approximate surface area is 343 Å². The van der Waals surface area contributed by atoms with Gasteiger partial charge in [0.05, 0.1) is 22.1 Å². The van der Waals surface area contributed by atoms with E-state index in [4.69, 9.17) is 15.0 Å². The van der Waals surface area contributed by atoms with Gasteiger partial charge in [0.1, 0.15) is 11.4 Å². The molecule has 52 heavy (non-hydrogen) atoms. The van der Waals surface area contributed by atoms with Gasteiger partial charge in [-0.25, -0.2) is 15.0 Å². The third kappa shape index (κ3) is 14.3. The summed E-state index contributed by atoms with van der Waals surface area (Å²) < 4.78 is 4.80. The van der Waals surface area contributed by atoms with Crippen molar-refractivity contribution in [2.24, 2.45) is 0 Å². The zero-order valence-electron chi connectivity index (χ0n) is 31.6. The van der Waals surface area contributed by atoms with Crippen molar-refractivity contribution >= 4 is 22.1 Å². The number of fused-ring (bicyclic) bond motifs is 2. The maximum atomic E-state index is 5.26. The molecule has 5 aromatic rings. The van der Waals surface area contributed by atoms with Crippen molar-refractivity contribution < 1.29 is 54.3 Å². The van der Waals surface area contributed by atoms with Crippen molar-refractivity contribution in [2.45, 2.75) is 155 Å². The maximum Gasteiger partial charge on any atom is 3.00 e. The van der Waals surface area contributed by atoms with Gasteiger partial charge in [-0.1, -0.05) is 160 Å². The molecule has 0 amide bonds. The number of aromatic nitrogens is 5. The number of pyridine rings is 1. The first kappa shape index (κ1) is 47.9. The molecular weight excluding hydrogens is 749 g/mol. The van der Waals surface area contributed by atoms with E-state index in [2.05, 4.69) is 89.7 Å². The molecule has 5 rings (SSSR count). The number of para-hydroxylation sites is 4. The van der Waals surface area contributed by atoms with Gasteiger partial charge < -0.3 is 46.4 Å². The predicted molar refractivity (Wildman–Crippen MR) is 205 cm³/mol. The molecule has 0 atom stereocenters. The summed E-state index contributed by atoms with van der Waals surface area (Å²) in [5.41, 5.74) is 6.33. The number of nitrogens with zero attached hydrogens (tertiary/aromatic N) is 5. The number of aryl methyl sites for hydroxylation is 2. The molecule has 2 aromatic carbocycles. The van der Waals surface area contributed by atoms with Gasteiger partial charge in [-0.2, -0.15) is 0 Å². The average Bonchev–Trinajstić information content (AvgIpc) is 3.68. The minimum atomic E-state index is 0. The van der Waals surface area contributed by atoms with E-state index in [1.165, 1.54) is 127 Å². The summed E-state index contributed by atoms with van der Waals surface area (Å²) in [4.78, 5) is 15.5. The topological polar surface area (TPSA) is 48.5 Å². The average molecular weight is 810 g/mol. The Hall–Kier alpha value is -2.08. The monoisotopic (exact) mass is 808 g/mol. The molecule has 0 aliphatic heterocycles. The van der Waals surface area contributed by atoms with E-state index >= 15 is 0 Å². The van der Waals surface area contributed by atoms with E-state index in [0.29, 0.717) is 0 Å². The fraction of sp³-hybridized carbons (Fsp3) is 0.558. The molecule has 0 saturated heterocycles. The van der Waals surface area contributed by atoms with Gasteiger partial charge in [-0.15, -0.1) is 0 Å². The van der Waals surface area contributed by atoms with Crippen LogP contribution < -0.4 is 37.2 Å². The minimum absolute atomic E-state index is 0. The quantitative estimate of drug-likeness (QED) is 0.0702. The van der Waals surface area contributed by atoms with Crippen LogP contribution in [0.25, 0.3) is 45.1 Å². The van der Waals surface area contributed by atoms with Crippen LogP contribution in [0.4, 0.5) is 0 Å². The zero-order chi connectivity index (χ0) is 33.2. The molecule has 0 unspecified atom stereocenters. The number of rotatable bonds is 24. The van der Waals surface area contributed by atoms with Crippen molar-refractivity contribution in [2.75, 3.05) is 0 Å². The standard InChI is InChI=1S/C43H61N5.3ClH.Fe/c1-3-5-7-9-11-13-15-17-19-25-34-47-40-32-23-21-28-36(40)45-42(47)38-30-27-31-39(44-38)43-46-37-29-22-24-33-41(37)48(43)35-26-20-18-16-14-12-10-8-6-4-2;;;;/h21-24,27-33H,3-20,25-26,34-35H2,1-2H3;3*1H;/q;;;;+3/p-3. The van der Waals surface area contributed by atoms with Crippen molar-refractivity contribution in [3.63, 3.8) is 0 Å². The molecule has 0 bridgehead atoms. The van der Waals surface area contributed by atoms with Gasteiger partial charge in [-0.05, 0) is 49.2 Å². The van der Waals surface area contributed by atoms with Crippen LogP contribution in [0.5, 0.6) is 0 Å². The molecule has 3 heterocycles. The predicted octanol–water partition coefficient (Wildman–Crippen LogP) is 3.97. The number of hydrogen-bond acceptors (Lipinski definition) is 3. The molecule has 9 heteroatoms. The Morgan fingerprint density at radius 1 is 0.385 bits per heavy atom. The third-order valence-corrected chi connectivity index (χ3v) is 9.99. The molecule has 0 spiro atoms. The van der Waals surface area contributed by atoms with Crippen LogP contribution >= 0.6 is 0 Å².